The number of nitrogens with one attached hydrogen (secondary N) is 1. The molecule has 1 N–H and O–H groups in total. The summed E-state index contributed by atoms with van der Waals surface area (Å²) in [4.78, 5) is 12.1. The molecule has 2 rings (SSSR count). The highest BCUT2D eigenvalue weighted by molar-refractivity contribution is 5.78. The summed E-state index contributed by atoms with van der Waals surface area (Å²) in [5, 5.41) is 2.81. The highest BCUT2D eigenvalue weighted by atomic mass is 19.4. The molecule has 0 spiro atoms. The maximum absolute atomic E-state index is 12.7. The van der Waals surface area contributed by atoms with Crippen molar-refractivity contribution in [3.05, 3.63) is 64.2 Å². The highest BCUT2D eigenvalue weighted by Gasteiger charge is 2.30. The molecule has 0 saturated heterocycles. The van der Waals surface area contributed by atoms with Crippen LogP contribution in [0.25, 0.3) is 0 Å². The second-order valence-corrected chi connectivity index (χ2v) is 6.40. The molecular formula is C20H22F3NO2. The molecular weight excluding hydrogens is 343 g/mol. The largest absolute Gasteiger partial charge is 0.484 e. The Labute approximate surface area is 151 Å². The van der Waals surface area contributed by atoms with Crippen LogP contribution in [0.2, 0.25) is 0 Å². The predicted octanol–water partition coefficient (Wildman–Crippen LogP) is 4.89. The van der Waals surface area contributed by atoms with Gasteiger partial charge in [-0.3, -0.25) is 4.79 Å². The lowest BCUT2D eigenvalue weighted by atomic mass is 9.96. The topological polar surface area (TPSA) is 38.3 Å². The van der Waals surface area contributed by atoms with Crippen molar-refractivity contribution in [3.63, 3.8) is 0 Å². The summed E-state index contributed by atoms with van der Waals surface area (Å²) in [5.41, 5.74) is 3.57. The average Bonchev–Trinajstić information content (AvgIpc) is 2.55. The Bertz CT molecular complexity index is 800. The molecule has 0 aliphatic carbocycles. The maximum Gasteiger partial charge on any atom is 0.416 e. The van der Waals surface area contributed by atoms with Gasteiger partial charge in [0.25, 0.3) is 5.91 Å². The zero-order chi connectivity index (χ0) is 19.5. The molecule has 0 radical (unpaired) electrons. The van der Waals surface area contributed by atoms with Crippen molar-refractivity contribution < 1.29 is 22.7 Å². The fourth-order valence-corrected chi connectivity index (χ4v) is 2.72. The summed E-state index contributed by atoms with van der Waals surface area (Å²) < 4.78 is 43.3. The van der Waals surface area contributed by atoms with E-state index < -0.39 is 17.6 Å². The van der Waals surface area contributed by atoms with Gasteiger partial charge in [0.2, 0.25) is 0 Å². The molecule has 2 aromatic carbocycles. The van der Waals surface area contributed by atoms with Gasteiger partial charge in [0.1, 0.15) is 5.75 Å². The molecule has 2 aromatic rings. The molecule has 1 unspecified atom stereocenters. The molecule has 0 heterocycles. The predicted molar refractivity (Wildman–Crippen MR) is 94.1 cm³/mol. The van der Waals surface area contributed by atoms with E-state index in [4.69, 9.17) is 4.74 Å². The maximum atomic E-state index is 12.7. The van der Waals surface area contributed by atoms with Crippen LogP contribution in [-0.4, -0.2) is 12.5 Å². The Morgan fingerprint density at radius 2 is 1.73 bits per heavy atom. The van der Waals surface area contributed by atoms with E-state index >= 15 is 0 Å². The summed E-state index contributed by atoms with van der Waals surface area (Å²) in [5.74, 6) is -0.391. The lowest BCUT2D eigenvalue weighted by Crippen LogP contribution is -2.31. The minimum atomic E-state index is -4.45. The first-order chi connectivity index (χ1) is 12.1. The number of carbonyl (C=O) groups excluding carboxylic acids is 1. The first-order valence-corrected chi connectivity index (χ1v) is 8.25. The van der Waals surface area contributed by atoms with Gasteiger partial charge in [-0.05, 0) is 68.1 Å². The lowest BCUT2D eigenvalue weighted by Gasteiger charge is -2.18. The Kier molecular flexibility index (Phi) is 5.95. The number of hydrogen-bond donors (Lipinski definition) is 1. The summed E-state index contributed by atoms with van der Waals surface area (Å²) in [6.07, 6.45) is -4.45. The summed E-state index contributed by atoms with van der Waals surface area (Å²) in [7, 11) is 0. The third-order valence-electron chi connectivity index (χ3n) is 4.26. The van der Waals surface area contributed by atoms with E-state index in [1.807, 2.05) is 33.8 Å². The number of carbonyl (C=O) groups is 1. The van der Waals surface area contributed by atoms with Crippen LogP contribution in [0.15, 0.2) is 36.4 Å². The molecule has 0 aromatic heterocycles. The molecule has 0 aliphatic rings. The van der Waals surface area contributed by atoms with Crippen LogP contribution in [0, 0.1) is 20.8 Å². The van der Waals surface area contributed by atoms with Crippen molar-refractivity contribution in [2.45, 2.75) is 39.9 Å². The van der Waals surface area contributed by atoms with E-state index in [9.17, 15) is 18.0 Å². The zero-order valence-corrected chi connectivity index (χ0v) is 15.2. The molecule has 0 saturated carbocycles. The molecule has 3 nitrogen and oxygen atoms in total. The Morgan fingerprint density at radius 1 is 1.08 bits per heavy atom. The van der Waals surface area contributed by atoms with Crippen LogP contribution in [0.5, 0.6) is 5.75 Å². The Balaban J connectivity index is 1.98. The monoisotopic (exact) mass is 365 g/mol. The van der Waals surface area contributed by atoms with E-state index in [0.29, 0.717) is 0 Å². The van der Waals surface area contributed by atoms with Crippen molar-refractivity contribution >= 4 is 5.91 Å². The standard InChI is InChI=1S/C20H22F3NO2/c1-12-8-14(3)18(9-13(12)2)15(4)24-19(25)11-26-17-7-5-6-16(10-17)20(21,22)23/h5-10,15H,11H2,1-4H3,(H,24,25). The number of amides is 1. The van der Waals surface area contributed by atoms with Gasteiger partial charge in [0, 0.05) is 0 Å². The van der Waals surface area contributed by atoms with Crippen LogP contribution < -0.4 is 10.1 Å². The van der Waals surface area contributed by atoms with Crippen LogP contribution in [0.3, 0.4) is 0 Å². The van der Waals surface area contributed by atoms with Crippen molar-refractivity contribution in [2.75, 3.05) is 6.61 Å². The SMILES string of the molecule is Cc1cc(C)c(C(C)NC(=O)COc2cccc(C(F)(F)F)c2)cc1C. The molecule has 0 bridgehead atoms. The van der Waals surface area contributed by atoms with E-state index in [-0.39, 0.29) is 18.4 Å². The molecule has 1 amide bonds. The van der Waals surface area contributed by atoms with Gasteiger partial charge >= 0.3 is 6.18 Å². The van der Waals surface area contributed by atoms with E-state index in [1.54, 1.807) is 0 Å². The fourth-order valence-electron chi connectivity index (χ4n) is 2.72. The summed E-state index contributed by atoms with van der Waals surface area (Å²) >= 11 is 0. The van der Waals surface area contributed by atoms with Gasteiger partial charge in [0.15, 0.2) is 6.61 Å². The van der Waals surface area contributed by atoms with Crippen LogP contribution >= 0.6 is 0 Å². The molecule has 140 valence electrons. The van der Waals surface area contributed by atoms with Gasteiger partial charge in [-0.25, -0.2) is 0 Å². The van der Waals surface area contributed by atoms with Crippen molar-refractivity contribution in [3.8, 4) is 5.75 Å². The summed E-state index contributed by atoms with van der Waals surface area (Å²) in [6.45, 7) is 7.51. The van der Waals surface area contributed by atoms with Gasteiger partial charge in [-0.1, -0.05) is 18.2 Å². The number of hydrogen-bond acceptors (Lipinski definition) is 2. The smallest absolute Gasteiger partial charge is 0.416 e. The number of halogens is 3. The van der Waals surface area contributed by atoms with Crippen LogP contribution in [0.1, 0.15) is 40.8 Å². The number of ether oxygens (including phenoxy) is 1. The number of alkyl halides is 3. The Morgan fingerprint density at radius 3 is 2.38 bits per heavy atom. The Hall–Kier alpha value is -2.50. The van der Waals surface area contributed by atoms with Crippen molar-refractivity contribution in [1.29, 1.82) is 0 Å². The average molecular weight is 365 g/mol. The van der Waals surface area contributed by atoms with Gasteiger partial charge < -0.3 is 10.1 Å². The number of rotatable bonds is 5. The summed E-state index contributed by atoms with van der Waals surface area (Å²) in [6, 6.07) is 8.33. The van der Waals surface area contributed by atoms with Crippen molar-refractivity contribution in [2.24, 2.45) is 0 Å². The second kappa shape index (κ2) is 7.81. The number of aryl methyl sites for hydroxylation is 3. The van der Waals surface area contributed by atoms with Gasteiger partial charge in [-0.15, -0.1) is 0 Å². The first-order valence-electron chi connectivity index (χ1n) is 8.25. The van der Waals surface area contributed by atoms with Gasteiger partial charge in [-0.2, -0.15) is 13.2 Å². The van der Waals surface area contributed by atoms with E-state index in [2.05, 4.69) is 11.4 Å². The molecule has 1 atom stereocenters. The highest BCUT2D eigenvalue weighted by Crippen LogP contribution is 2.31. The van der Waals surface area contributed by atoms with Gasteiger partial charge in [0.05, 0.1) is 11.6 Å². The second-order valence-electron chi connectivity index (χ2n) is 6.40. The quantitative estimate of drug-likeness (QED) is 0.820. The molecule has 0 fully saturated rings. The molecule has 0 aliphatic heterocycles. The minimum absolute atomic E-state index is 0.00462. The normalized spacial score (nSPS) is 12.6. The fraction of sp³-hybridized carbons (Fsp3) is 0.350. The third kappa shape index (κ3) is 5.00. The van der Waals surface area contributed by atoms with Crippen molar-refractivity contribution in [1.82, 2.24) is 5.32 Å². The molecule has 26 heavy (non-hydrogen) atoms. The number of benzene rings is 2. The van der Waals surface area contributed by atoms with Crippen LogP contribution in [-0.2, 0) is 11.0 Å². The lowest BCUT2D eigenvalue weighted by molar-refractivity contribution is -0.137. The minimum Gasteiger partial charge on any atom is -0.484 e. The first kappa shape index (κ1) is 19.8. The van der Waals surface area contributed by atoms with E-state index in [1.165, 1.54) is 17.7 Å². The molecule has 6 heteroatoms. The zero-order valence-electron chi connectivity index (χ0n) is 15.2. The van der Waals surface area contributed by atoms with Crippen LogP contribution in [0.4, 0.5) is 13.2 Å². The third-order valence-corrected chi connectivity index (χ3v) is 4.26. The van der Waals surface area contributed by atoms with E-state index in [0.717, 1.165) is 28.8 Å².